The van der Waals surface area contributed by atoms with Crippen LogP contribution in [-0.4, -0.2) is 61.9 Å². The van der Waals surface area contributed by atoms with Gasteiger partial charge < -0.3 is 15.1 Å². The molecule has 0 unspecified atom stereocenters. The van der Waals surface area contributed by atoms with Crippen molar-refractivity contribution in [2.75, 3.05) is 40.3 Å². The molecule has 0 radical (unpaired) electrons. The lowest BCUT2D eigenvalue weighted by Gasteiger charge is -2.26. The number of hydrogen-bond acceptors (Lipinski definition) is 2. The maximum atomic E-state index is 12.1. The molecule has 1 aromatic carbocycles. The van der Waals surface area contributed by atoms with E-state index in [0.29, 0.717) is 5.41 Å². The molecular weight excluding hydrogens is 336 g/mol. The zero-order chi connectivity index (χ0) is 19.3. The minimum Gasteiger partial charge on any atom is -0.357 e. The largest absolute Gasteiger partial charge is 0.357 e. The number of guanidine groups is 1. The van der Waals surface area contributed by atoms with Gasteiger partial charge in [0.25, 0.3) is 5.91 Å². The highest BCUT2D eigenvalue weighted by atomic mass is 16.2. The standard InChI is InChI=1S/C22H34N4O/c1-4-23-21(26-15-13-22(17-26)11-5-6-12-22)24-14-10-18-8-7-9-19(16-18)20(27)25(2)3/h7-9,16H,4-6,10-15,17H2,1-3H3,(H,23,24). The fourth-order valence-electron chi connectivity index (χ4n) is 4.48. The normalized spacial score (nSPS) is 18.9. The maximum Gasteiger partial charge on any atom is 0.253 e. The van der Waals surface area contributed by atoms with E-state index in [0.717, 1.165) is 49.7 Å². The summed E-state index contributed by atoms with van der Waals surface area (Å²) in [7, 11) is 3.57. The van der Waals surface area contributed by atoms with Gasteiger partial charge in [0.2, 0.25) is 0 Å². The predicted octanol–water partition coefficient (Wildman–Crippen LogP) is 3.16. The average molecular weight is 371 g/mol. The number of benzene rings is 1. The highest BCUT2D eigenvalue weighted by molar-refractivity contribution is 5.94. The molecule has 0 bridgehead atoms. The molecule has 5 nitrogen and oxygen atoms in total. The second-order valence-electron chi connectivity index (χ2n) is 8.26. The molecule has 148 valence electrons. The molecule has 1 aliphatic carbocycles. The Morgan fingerprint density at radius 1 is 1.26 bits per heavy atom. The molecule has 1 aliphatic heterocycles. The van der Waals surface area contributed by atoms with Crippen LogP contribution in [-0.2, 0) is 6.42 Å². The van der Waals surface area contributed by atoms with E-state index in [2.05, 4.69) is 23.2 Å². The van der Waals surface area contributed by atoms with Gasteiger partial charge in [0.05, 0.1) is 0 Å². The Kier molecular flexibility index (Phi) is 6.40. The molecule has 5 heteroatoms. The van der Waals surface area contributed by atoms with Gasteiger partial charge >= 0.3 is 0 Å². The van der Waals surface area contributed by atoms with E-state index in [-0.39, 0.29) is 5.91 Å². The molecule has 1 amide bonds. The van der Waals surface area contributed by atoms with Crippen molar-refractivity contribution in [2.45, 2.75) is 45.4 Å². The Hall–Kier alpha value is -2.04. The summed E-state index contributed by atoms with van der Waals surface area (Å²) < 4.78 is 0. The summed E-state index contributed by atoms with van der Waals surface area (Å²) in [5.74, 6) is 1.11. The van der Waals surface area contributed by atoms with Gasteiger partial charge in [0, 0.05) is 45.8 Å². The SMILES string of the molecule is CCNC(=NCCc1cccc(C(=O)N(C)C)c1)N1CCC2(CCCC2)C1. The number of rotatable bonds is 5. The van der Waals surface area contributed by atoms with Crippen LogP contribution in [0.15, 0.2) is 29.3 Å². The third-order valence-electron chi connectivity index (χ3n) is 5.98. The Bertz CT molecular complexity index is 677. The van der Waals surface area contributed by atoms with Gasteiger partial charge in [-0.3, -0.25) is 9.79 Å². The van der Waals surface area contributed by atoms with E-state index in [1.807, 2.05) is 18.2 Å². The van der Waals surface area contributed by atoms with E-state index in [4.69, 9.17) is 4.99 Å². The molecule has 2 fully saturated rings. The molecule has 1 spiro atoms. The predicted molar refractivity (Wildman–Crippen MR) is 111 cm³/mol. The fraction of sp³-hybridized carbons (Fsp3) is 0.636. The van der Waals surface area contributed by atoms with Crippen molar-refractivity contribution in [1.29, 1.82) is 0 Å². The topological polar surface area (TPSA) is 47.9 Å². The number of nitrogens with one attached hydrogen (secondary N) is 1. The number of amides is 1. The maximum absolute atomic E-state index is 12.1. The number of likely N-dealkylation sites (tertiary alicyclic amines) is 1. The van der Waals surface area contributed by atoms with Gasteiger partial charge in [0.15, 0.2) is 5.96 Å². The lowest BCUT2D eigenvalue weighted by molar-refractivity contribution is 0.0827. The van der Waals surface area contributed by atoms with Crippen molar-refractivity contribution in [2.24, 2.45) is 10.4 Å². The summed E-state index contributed by atoms with van der Waals surface area (Å²) in [6.07, 6.45) is 7.72. The molecule has 3 rings (SSSR count). The number of hydrogen-bond donors (Lipinski definition) is 1. The van der Waals surface area contributed by atoms with Crippen molar-refractivity contribution in [3.8, 4) is 0 Å². The van der Waals surface area contributed by atoms with Crippen molar-refractivity contribution in [1.82, 2.24) is 15.1 Å². The molecular formula is C22H34N4O. The minimum atomic E-state index is 0.0487. The molecule has 27 heavy (non-hydrogen) atoms. The number of carbonyl (C=O) groups excluding carboxylic acids is 1. The van der Waals surface area contributed by atoms with E-state index in [1.165, 1.54) is 32.1 Å². The van der Waals surface area contributed by atoms with E-state index in [9.17, 15) is 4.79 Å². The first kappa shape index (κ1) is 19.7. The molecule has 0 atom stereocenters. The van der Waals surface area contributed by atoms with Crippen LogP contribution < -0.4 is 5.32 Å². The molecule has 1 saturated carbocycles. The third-order valence-corrected chi connectivity index (χ3v) is 5.98. The zero-order valence-corrected chi connectivity index (χ0v) is 17.1. The monoisotopic (exact) mass is 370 g/mol. The van der Waals surface area contributed by atoms with Crippen LogP contribution >= 0.6 is 0 Å². The summed E-state index contributed by atoms with van der Waals surface area (Å²) in [5.41, 5.74) is 2.46. The van der Waals surface area contributed by atoms with Crippen LogP contribution in [0, 0.1) is 5.41 Å². The van der Waals surface area contributed by atoms with Gasteiger partial charge in [-0.1, -0.05) is 25.0 Å². The Balaban J connectivity index is 1.61. The van der Waals surface area contributed by atoms with E-state index >= 15 is 0 Å². The van der Waals surface area contributed by atoms with Crippen LogP contribution in [0.4, 0.5) is 0 Å². The van der Waals surface area contributed by atoms with Crippen molar-refractivity contribution >= 4 is 11.9 Å². The summed E-state index contributed by atoms with van der Waals surface area (Å²) in [5, 5.41) is 3.48. The molecule has 1 N–H and O–H groups in total. The summed E-state index contributed by atoms with van der Waals surface area (Å²) >= 11 is 0. The lowest BCUT2D eigenvalue weighted by Crippen LogP contribution is -2.41. The lowest BCUT2D eigenvalue weighted by atomic mass is 9.86. The molecule has 1 saturated heterocycles. The smallest absolute Gasteiger partial charge is 0.253 e. The fourth-order valence-corrected chi connectivity index (χ4v) is 4.48. The molecule has 0 aromatic heterocycles. The number of aliphatic imine (C=N–C) groups is 1. The second-order valence-corrected chi connectivity index (χ2v) is 8.26. The first-order valence-corrected chi connectivity index (χ1v) is 10.4. The van der Waals surface area contributed by atoms with Crippen molar-refractivity contribution in [3.63, 3.8) is 0 Å². The average Bonchev–Trinajstić information content (AvgIpc) is 3.30. The van der Waals surface area contributed by atoms with Crippen LogP contribution in [0.3, 0.4) is 0 Å². The summed E-state index contributed by atoms with van der Waals surface area (Å²) in [6, 6.07) is 7.92. The number of carbonyl (C=O) groups is 1. The van der Waals surface area contributed by atoms with Gasteiger partial charge in [0.1, 0.15) is 0 Å². The summed E-state index contributed by atoms with van der Waals surface area (Å²) in [6.45, 7) is 6.05. The van der Waals surface area contributed by atoms with Crippen LogP contribution in [0.5, 0.6) is 0 Å². The summed E-state index contributed by atoms with van der Waals surface area (Å²) in [4.78, 5) is 21.1. The van der Waals surface area contributed by atoms with Gasteiger partial charge in [-0.2, -0.15) is 0 Å². The third kappa shape index (κ3) is 4.82. The first-order chi connectivity index (χ1) is 13.0. The van der Waals surface area contributed by atoms with Crippen LogP contribution in [0.1, 0.15) is 54.9 Å². The van der Waals surface area contributed by atoms with Gasteiger partial charge in [-0.15, -0.1) is 0 Å². The van der Waals surface area contributed by atoms with Crippen LogP contribution in [0.25, 0.3) is 0 Å². The van der Waals surface area contributed by atoms with Gasteiger partial charge in [-0.25, -0.2) is 0 Å². The first-order valence-electron chi connectivity index (χ1n) is 10.4. The molecule has 1 heterocycles. The second kappa shape index (κ2) is 8.77. The van der Waals surface area contributed by atoms with Crippen LogP contribution in [0.2, 0.25) is 0 Å². The minimum absolute atomic E-state index is 0.0487. The van der Waals surface area contributed by atoms with Crippen molar-refractivity contribution in [3.05, 3.63) is 35.4 Å². The Labute approximate surface area is 163 Å². The molecule has 1 aromatic rings. The molecule has 2 aliphatic rings. The Morgan fingerprint density at radius 2 is 2.04 bits per heavy atom. The van der Waals surface area contributed by atoms with E-state index < -0.39 is 0 Å². The highest BCUT2D eigenvalue weighted by Crippen LogP contribution is 2.45. The quantitative estimate of drug-likeness (QED) is 0.640. The van der Waals surface area contributed by atoms with E-state index in [1.54, 1.807) is 19.0 Å². The zero-order valence-electron chi connectivity index (χ0n) is 17.1. The highest BCUT2D eigenvalue weighted by Gasteiger charge is 2.41. The van der Waals surface area contributed by atoms with Gasteiger partial charge in [-0.05, 0) is 55.7 Å². The Morgan fingerprint density at radius 3 is 2.74 bits per heavy atom. The van der Waals surface area contributed by atoms with Crippen molar-refractivity contribution < 1.29 is 4.79 Å². The number of nitrogens with zero attached hydrogens (tertiary/aromatic N) is 3.